The van der Waals surface area contributed by atoms with Crippen molar-refractivity contribution in [1.82, 2.24) is 0 Å². The molecule has 2 saturated carbocycles. The van der Waals surface area contributed by atoms with E-state index in [2.05, 4.69) is 27.7 Å². The average Bonchev–Trinajstić information content (AvgIpc) is 2.41. The van der Waals surface area contributed by atoms with Crippen LogP contribution in [-0.2, 0) is 4.79 Å². The molecule has 0 saturated heterocycles. The maximum Gasteiger partial charge on any atom is 0.126 e. The first-order chi connectivity index (χ1) is 6.86. The minimum Gasteiger partial charge on any atom is -0.303 e. The van der Waals surface area contributed by atoms with E-state index in [1.807, 2.05) is 0 Å². The van der Waals surface area contributed by atoms with Crippen molar-refractivity contribution in [2.24, 2.45) is 22.2 Å². The lowest BCUT2D eigenvalue weighted by atomic mass is 9.52. The molecule has 0 aliphatic heterocycles. The Morgan fingerprint density at radius 1 is 1.07 bits per heavy atom. The quantitative estimate of drug-likeness (QED) is 0.599. The van der Waals surface area contributed by atoms with Crippen molar-refractivity contribution in [2.45, 2.75) is 59.8 Å². The fourth-order valence-corrected chi connectivity index (χ4v) is 4.44. The molecular formula is C14H24O. The zero-order valence-corrected chi connectivity index (χ0v) is 10.6. The van der Waals surface area contributed by atoms with Crippen molar-refractivity contribution >= 4 is 6.29 Å². The molecule has 0 unspecified atom stereocenters. The summed E-state index contributed by atoms with van der Waals surface area (Å²) in [7, 11) is 0. The third-order valence-electron chi connectivity index (χ3n) is 5.75. The second kappa shape index (κ2) is 3.09. The summed E-state index contributed by atoms with van der Waals surface area (Å²) >= 11 is 0. The normalized spacial score (nSPS) is 48.7. The number of rotatable bonds is 1. The molecule has 0 aromatic rings. The van der Waals surface area contributed by atoms with Gasteiger partial charge < -0.3 is 4.79 Å². The van der Waals surface area contributed by atoms with Crippen molar-refractivity contribution in [3.8, 4) is 0 Å². The molecule has 86 valence electrons. The van der Waals surface area contributed by atoms with Crippen LogP contribution >= 0.6 is 0 Å². The number of hydrogen-bond donors (Lipinski definition) is 0. The number of hydrogen-bond acceptors (Lipinski definition) is 1. The molecule has 0 bridgehead atoms. The molecule has 2 fully saturated rings. The van der Waals surface area contributed by atoms with Crippen LogP contribution in [0.4, 0.5) is 0 Å². The molecule has 0 spiro atoms. The van der Waals surface area contributed by atoms with Gasteiger partial charge in [0.25, 0.3) is 0 Å². The van der Waals surface area contributed by atoms with Gasteiger partial charge in [0.15, 0.2) is 0 Å². The van der Waals surface area contributed by atoms with E-state index < -0.39 is 0 Å². The van der Waals surface area contributed by atoms with E-state index in [1.54, 1.807) is 0 Å². The molecule has 2 aliphatic rings. The first-order valence-electron chi connectivity index (χ1n) is 6.32. The van der Waals surface area contributed by atoms with Gasteiger partial charge in [0.2, 0.25) is 0 Å². The Kier molecular flexibility index (Phi) is 2.30. The summed E-state index contributed by atoms with van der Waals surface area (Å²) in [5, 5.41) is 0. The van der Waals surface area contributed by atoms with Gasteiger partial charge >= 0.3 is 0 Å². The molecule has 1 nitrogen and oxygen atoms in total. The average molecular weight is 208 g/mol. The monoisotopic (exact) mass is 208 g/mol. The van der Waals surface area contributed by atoms with Crippen molar-refractivity contribution in [3.05, 3.63) is 0 Å². The van der Waals surface area contributed by atoms with Crippen LogP contribution in [0.25, 0.3) is 0 Å². The number of fused-ring (bicyclic) bond motifs is 1. The van der Waals surface area contributed by atoms with Crippen molar-refractivity contribution < 1.29 is 4.79 Å². The molecule has 3 atom stereocenters. The number of carbonyl (C=O) groups is 1. The second-order valence-electron chi connectivity index (χ2n) is 6.89. The van der Waals surface area contributed by atoms with E-state index in [1.165, 1.54) is 32.0 Å². The van der Waals surface area contributed by atoms with E-state index >= 15 is 0 Å². The van der Waals surface area contributed by atoms with Crippen molar-refractivity contribution in [1.29, 1.82) is 0 Å². The van der Waals surface area contributed by atoms with Crippen LogP contribution in [0.3, 0.4) is 0 Å². The summed E-state index contributed by atoms with van der Waals surface area (Å²) in [4.78, 5) is 11.4. The Morgan fingerprint density at radius 3 is 2.33 bits per heavy atom. The van der Waals surface area contributed by atoms with Crippen LogP contribution in [0, 0.1) is 22.2 Å². The lowest BCUT2D eigenvalue weighted by Crippen LogP contribution is -2.46. The topological polar surface area (TPSA) is 17.1 Å². The Morgan fingerprint density at radius 2 is 1.73 bits per heavy atom. The van der Waals surface area contributed by atoms with E-state index in [-0.39, 0.29) is 10.8 Å². The van der Waals surface area contributed by atoms with Crippen LogP contribution in [-0.4, -0.2) is 6.29 Å². The molecule has 0 aromatic heterocycles. The lowest BCUT2D eigenvalue weighted by Gasteiger charge is -2.51. The summed E-state index contributed by atoms with van der Waals surface area (Å²) < 4.78 is 0. The minimum atomic E-state index is -0.0602. The largest absolute Gasteiger partial charge is 0.303 e. The Bertz CT molecular complexity index is 281. The van der Waals surface area contributed by atoms with Gasteiger partial charge in [-0.3, -0.25) is 0 Å². The van der Waals surface area contributed by atoms with Crippen molar-refractivity contribution in [2.75, 3.05) is 0 Å². The van der Waals surface area contributed by atoms with Crippen LogP contribution in [0.2, 0.25) is 0 Å². The first kappa shape index (κ1) is 11.2. The highest BCUT2D eigenvalue weighted by Crippen LogP contribution is 2.65. The van der Waals surface area contributed by atoms with Gasteiger partial charge in [-0.1, -0.05) is 34.1 Å². The standard InChI is InChI=1S/C14H24O/c1-12(2)7-5-8-14(4)11(12)6-9-13(14,3)10-15/h10-11H,5-9H2,1-4H3/t11-,13-,14-/m0/s1. The highest BCUT2D eigenvalue weighted by molar-refractivity contribution is 5.61. The summed E-state index contributed by atoms with van der Waals surface area (Å²) in [6.07, 6.45) is 7.47. The fraction of sp³-hybridized carbons (Fsp3) is 0.929. The minimum absolute atomic E-state index is 0.0602. The van der Waals surface area contributed by atoms with E-state index in [4.69, 9.17) is 0 Å². The Labute approximate surface area is 93.6 Å². The SMILES string of the molecule is CC1(C)CCC[C@@]2(C)[C@H]1CC[C@@]2(C)C=O. The highest BCUT2D eigenvalue weighted by atomic mass is 16.1. The molecule has 2 aliphatic carbocycles. The molecule has 2 rings (SSSR count). The number of aldehydes is 1. The lowest BCUT2D eigenvalue weighted by molar-refractivity contribution is -0.125. The molecular weight excluding hydrogens is 184 g/mol. The second-order valence-corrected chi connectivity index (χ2v) is 6.89. The highest BCUT2D eigenvalue weighted by Gasteiger charge is 2.59. The zero-order valence-electron chi connectivity index (χ0n) is 10.6. The molecule has 15 heavy (non-hydrogen) atoms. The van der Waals surface area contributed by atoms with Gasteiger partial charge in [-0.2, -0.15) is 0 Å². The predicted molar refractivity (Wildman–Crippen MR) is 62.6 cm³/mol. The maximum absolute atomic E-state index is 11.4. The Hall–Kier alpha value is -0.330. The summed E-state index contributed by atoms with van der Waals surface area (Å²) in [6, 6.07) is 0. The third-order valence-corrected chi connectivity index (χ3v) is 5.75. The van der Waals surface area contributed by atoms with Gasteiger partial charge in [0.05, 0.1) is 0 Å². The van der Waals surface area contributed by atoms with Gasteiger partial charge in [0, 0.05) is 5.41 Å². The molecule has 0 aromatic carbocycles. The van der Waals surface area contributed by atoms with Crippen LogP contribution in [0.1, 0.15) is 59.8 Å². The molecule has 0 heterocycles. The van der Waals surface area contributed by atoms with Gasteiger partial charge in [-0.15, -0.1) is 0 Å². The van der Waals surface area contributed by atoms with Gasteiger partial charge in [0.1, 0.15) is 6.29 Å². The van der Waals surface area contributed by atoms with Crippen LogP contribution in [0.5, 0.6) is 0 Å². The molecule has 0 amide bonds. The summed E-state index contributed by atoms with van der Waals surface area (Å²) in [5.41, 5.74) is 0.639. The van der Waals surface area contributed by atoms with Crippen LogP contribution in [0.15, 0.2) is 0 Å². The molecule has 1 heteroatoms. The first-order valence-corrected chi connectivity index (χ1v) is 6.32. The predicted octanol–water partition coefficient (Wildman–Crippen LogP) is 3.82. The summed E-state index contributed by atoms with van der Waals surface area (Å²) in [5.74, 6) is 0.744. The molecule has 0 radical (unpaired) electrons. The molecule has 0 N–H and O–H groups in total. The smallest absolute Gasteiger partial charge is 0.126 e. The van der Waals surface area contributed by atoms with Crippen LogP contribution < -0.4 is 0 Å². The third kappa shape index (κ3) is 1.31. The fourth-order valence-electron chi connectivity index (χ4n) is 4.44. The summed E-state index contributed by atoms with van der Waals surface area (Å²) in [6.45, 7) is 9.33. The maximum atomic E-state index is 11.4. The van der Waals surface area contributed by atoms with Crippen molar-refractivity contribution in [3.63, 3.8) is 0 Å². The van der Waals surface area contributed by atoms with E-state index in [0.717, 1.165) is 12.3 Å². The number of carbonyl (C=O) groups excluding carboxylic acids is 1. The Balaban J connectivity index is 2.39. The van der Waals surface area contributed by atoms with E-state index in [9.17, 15) is 4.79 Å². The van der Waals surface area contributed by atoms with Gasteiger partial charge in [-0.25, -0.2) is 0 Å². The van der Waals surface area contributed by atoms with Gasteiger partial charge in [-0.05, 0) is 42.4 Å². The van der Waals surface area contributed by atoms with E-state index in [0.29, 0.717) is 5.41 Å². The zero-order chi connectivity index (χ0) is 11.3.